The second kappa shape index (κ2) is 11.2. The van der Waals surface area contributed by atoms with Crippen molar-refractivity contribution in [3.05, 3.63) is 118 Å². The molecule has 0 N–H and O–H groups in total. The van der Waals surface area contributed by atoms with Gasteiger partial charge in [-0.3, -0.25) is 9.10 Å². The van der Waals surface area contributed by atoms with Crippen LogP contribution in [-0.2, 0) is 16.4 Å². The molecule has 0 atom stereocenters. The van der Waals surface area contributed by atoms with Crippen LogP contribution in [0.1, 0.15) is 27.9 Å². The van der Waals surface area contributed by atoms with Crippen LogP contribution in [0, 0.1) is 5.82 Å². The lowest BCUT2D eigenvalue weighted by molar-refractivity contribution is 0.0987. The molecule has 0 spiro atoms. The lowest BCUT2D eigenvalue weighted by Crippen LogP contribution is -2.35. The number of aromatic nitrogens is 1. The number of carbonyl (C=O) groups is 1. The number of hydrogen-bond donors (Lipinski definition) is 0. The van der Waals surface area contributed by atoms with E-state index in [1.165, 1.54) is 46.9 Å². The maximum atomic E-state index is 13.8. The average Bonchev–Trinajstić information content (AvgIpc) is 3.40. The molecule has 11 heteroatoms. The SMILES string of the molecule is O=C(c1ccc(S(=O)(=O)N2CCCc3ccccc32)cc1)N(/N=C/c1ccc(Br)cc1)c1nc2ccc(F)cc2s1. The fraction of sp³-hybridized carbons (Fsp3) is 0.100. The standard InChI is InChI=1S/C30H22BrFN4O3S2/c31-23-11-7-20(8-12-23)19-33-36(30-34-26-16-13-24(32)18-28(26)40-30)29(37)22-9-14-25(15-10-22)41(38,39)35-17-3-5-21-4-1-2-6-27(21)35/h1-2,4,6-16,18-19H,3,5,17H2/b33-19+. The molecule has 0 unspecified atom stereocenters. The summed E-state index contributed by atoms with van der Waals surface area (Å²) in [6, 6.07) is 24.9. The van der Waals surface area contributed by atoms with Gasteiger partial charge in [-0.15, -0.1) is 0 Å². The minimum absolute atomic E-state index is 0.0890. The quantitative estimate of drug-likeness (QED) is 0.146. The van der Waals surface area contributed by atoms with Gasteiger partial charge in [-0.05, 0) is 84.6 Å². The van der Waals surface area contributed by atoms with Crippen LogP contribution >= 0.6 is 27.3 Å². The molecule has 5 aromatic rings. The number of thiazole rings is 1. The van der Waals surface area contributed by atoms with Gasteiger partial charge in [0.05, 0.1) is 27.0 Å². The van der Waals surface area contributed by atoms with Crippen LogP contribution in [-0.4, -0.2) is 32.1 Å². The third-order valence-electron chi connectivity index (χ3n) is 6.66. The molecule has 0 radical (unpaired) electrons. The Labute approximate surface area is 248 Å². The van der Waals surface area contributed by atoms with Gasteiger partial charge in [0.15, 0.2) is 0 Å². The number of nitrogens with zero attached hydrogens (tertiary/aromatic N) is 4. The molecule has 0 saturated heterocycles. The first-order valence-electron chi connectivity index (χ1n) is 12.7. The highest BCUT2D eigenvalue weighted by molar-refractivity contribution is 9.10. The number of halogens is 2. The Morgan fingerprint density at radius 1 is 1.02 bits per heavy atom. The highest BCUT2D eigenvalue weighted by Crippen LogP contribution is 2.33. The van der Waals surface area contributed by atoms with E-state index in [1.807, 2.05) is 48.5 Å². The Morgan fingerprint density at radius 2 is 1.78 bits per heavy atom. The van der Waals surface area contributed by atoms with Crippen LogP contribution in [0.4, 0.5) is 15.2 Å². The van der Waals surface area contributed by atoms with Gasteiger partial charge in [0, 0.05) is 16.6 Å². The highest BCUT2D eigenvalue weighted by atomic mass is 79.9. The second-order valence-corrected chi connectivity index (χ2v) is 13.1. The molecule has 1 aromatic heterocycles. The number of carbonyl (C=O) groups excluding carboxylic acids is 1. The van der Waals surface area contributed by atoms with Crippen LogP contribution in [0.2, 0.25) is 0 Å². The number of hydrogen-bond acceptors (Lipinski definition) is 6. The molecule has 1 aliphatic rings. The topological polar surface area (TPSA) is 82.9 Å². The van der Waals surface area contributed by atoms with Gasteiger partial charge in [0.1, 0.15) is 5.82 Å². The summed E-state index contributed by atoms with van der Waals surface area (Å²) in [6.07, 6.45) is 3.08. The number of fused-ring (bicyclic) bond motifs is 2. The Kier molecular flexibility index (Phi) is 7.41. The second-order valence-electron chi connectivity index (χ2n) is 9.36. The zero-order valence-corrected chi connectivity index (χ0v) is 24.7. The van der Waals surface area contributed by atoms with Crippen molar-refractivity contribution in [2.45, 2.75) is 17.7 Å². The van der Waals surface area contributed by atoms with Gasteiger partial charge in [-0.1, -0.05) is 57.6 Å². The molecular formula is C30H22BrFN4O3S2. The van der Waals surface area contributed by atoms with E-state index in [4.69, 9.17) is 0 Å². The first-order valence-corrected chi connectivity index (χ1v) is 15.8. The predicted octanol–water partition coefficient (Wildman–Crippen LogP) is 7.02. The van der Waals surface area contributed by atoms with Gasteiger partial charge in [0.2, 0.25) is 5.13 Å². The van der Waals surface area contributed by atoms with E-state index >= 15 is 0 Å². The maximum Gasteiger partial charge on any atom is 0.280 e. The van der Waals surface area contributed by atoms with Crippen molar-refractivity contribution >= 4 is 70.4 Å². The third kappa shape index (κ3) is 5.52. The summed E-state index contributed by atoms with van der Waals surface area (Å²) >= 11 is 4.53. The van der Waals surface area contributed by atoms with E-state index in [9.17, 15) is 17.6 Å². The lowest BCUT2D eigenvalue weighted by Gasteiger charge is -2.30. The maximum absolute atomic E-state index is 13.8. The molecule has 6 rings (SSSR count). The Bertz CT molecular complexity index is 1890. The Balaban J connectivity index is 1.33. The van der Waals surface area contributed by atoms with Crippen molar-refractivity contribution < 1.29 is 17.6 Å². The van der Waals surface area contributed by atoms with E-state index in [0.717, 1.165) is 44.8 Å². The largest absolute Gasteiger partial charge is 0.280 e. The van der Waals surface area contributed by atoms with Crippen molar-refractivity contribution in [2.75, 3.05) is 15.9 Å². The molecule has 41 heavy (non-hydrogen) atoms. The monoisotopic (exact) mass is 648 g/mol. The molecule has 2 heterocycles. The summed E-state index contributed by atoms with van der Waals surface area (Å²) in [6.45, 7) is 0.386. The number of amides is 1. The van der Waals surface area contributed by atoms with Crippen LogP contribution in [0.5, 0.6) is 0 Å². The van der Waals surface area contributed by atoms with Gasteiger partial charge in [-0.25, -0.2) is 17.8 Å². The molecule has 0 bridgehead atoms. The molecule has 1 aliphatic heterocycles. The number of aryl methyl sites for hydroxylation is 1. The lowest BCUT2D eigenvalue weighted by atomic mass is 10.0. The van der Waals surface area contributed by atoms with E-state index in [0.29, 0.717) is 22.4 Å². The summed E-state index contributed by atoms with van der Waals surface area (Å²) in [4.78, 5) is 18.3. The van der Waals surface area contributed by atoms with Crippen molar-refractivity contribution in [3.63, 3.8) is 0 Å². The Hall–Kier alpha value is -3.93. The zero-order chi connectivity index (χ0) is 28.6. The van der Waals surface area contributed by atoms with E-state index in [1.54, 1.807) is 6.07 Å². The van der Waals surface area contributed by atoms with E-state index < -0.39 is 21.7 Å². The molecule has 0 fully saturated rings. The fourth-order valence-electron chi connectivity index (χ4n) is 4.61. The molecule has 0 aliphatic carbocycles. The zero-order valence-electron chi connectivity index (χ0n) is 21.4. The highest BCUT2D eigenvalue weighted by Gasteiger charge is 2.29. The van der Waals surface area contributed by atoms with Crippen LogP contribution < -0.4 is 9.31 Å². The summed E-state index contributed by atoms with van der Waals surface area (Å²) < 4.78 is 43.9. The third-order valence-corrected chi connectivity index (χ3v) is 10.0. The van der Waals surface area contributed by atoms with Crippen LogP contribution in [0.15, 0.2) is 105 Å². The minimum Gasteiger partial charge on any atom is -0.267 e. The van der Waals surface area contributed by atoms with Gasteiger partial charge in [-0.2, -0.15) is 10.1 Å². The number of benzene rings is 4. The van der Waals surface area contributed by atoms with Crippen LogP contribution in [0.25, 0.3) is 10.2 Å². The first-order chi connectivity index (χ1) is 19.8. The first kappa shape index (κ1) is 27.3. The number of hydrazone groups is 1. The van der Waals surface area contributed by atoms with Gasteiger partial charge < -0.3 is 0 Å². The van der Waals surface area contributed by atoms with E-state index in [2.05, 4.69) is 26.0 Å². The minimum atomic E-state index is -3.83. The summed E-state index contributed by atoms with van der Waals surface area (Å²) in [5.74, 6) is -0.915. The number of para-hydroxylation sites is 1. The van der Waals surface area contributed by atoms with Crippen LogP contribution in [0.3, 0.4) is 0 Å². The number of anilines is 2. The molecule has 0 saturated carbocycles. The molecule has 7 nitrogen and oxygen atoms in total. The van der Waals surface area contributed by atoms with Crippen molar-refractivity contribution in [1.29, 1.82) is 0 Å². The normalized spacial score (nSPS) is 13.5. The van der Waals surface area contributed by atoms with Gasteiger partial charge in [0.25, 0.3) is 15.9 Å². The molecule has 1 amide bonds. The number of sulfonamides is 1. The van der Waals surface area contributed by atoms with Gasteiger partial charge >= 0.3 is 0 Å². The number of rotatable bonds is 6. The van der Waals surface area contributed by atoms with Crippen molar-refractivity contribution in [3.8, 4) is 0 Å². The van der Waals surface area contributed by atoms with Crippen molar-refractivity contribution in [2.24, 2.45) is 5.10 Å². The fourth-order valence-corrected chi connectivity index (χ4v) is 7.36. The Morgan fingerprint density at radius 3 is 2.56 bits per heavy atom. The predicted molar refractivity (Wildman–Crippen MR) is 164 cm³/mol. The summed E-state index contributed by atoms with van der Waals surface area (Å²) in [5.41, 5.74) is 3.18. The molecular weight excluding hydrogens is 627 g/mol. The molecule has 4 aromatic carbocycles. The average molecular weight is 650 g/mol. The van der Waals surface area contributed by atoms with Crippen molar-refractivity contribution in [1.82, 2.24) is 4.98 Å². The molecule has 206 valence electrons. The smallest absolute Gasteiger partial charge is 0.267 e. The summed E-state index contributed by atoms with van der Waals surface area (Å²) in [5, 5.41) is 5.83. The summed E-state index contributed by atoms with van der Waals surface area (Å²) in [7, 11) is -3.83. The van der Waals surface area contributed by atoms with E-state index in [-0.39, 0.29) is 15.6 Å².